The Kier molecular flexibility index (Phi) is 4.36. The number of anilines is 1. The zero-order valence-corrected chi connectivity index (χ0v) is 10.8. The van der Waals surface area contributed by atoms with E-state index in [1.54, 1.807) is 12.1 Å². The predicted octanol–water partition coefficient (Wildman–Crippen LogP) is 0.241. The summed E-state index contributed by atoms with van der Waals surface area (Å²) in [7, 11) is 0. The molecule has 1 aromatic heterocycles. The van der Waals surface area contributed by atoms with Crippen LogP contribution in [0.25, 0.3) is 0 Å². The minimum Gasteiger partial charge on any atom is -0.465 e. The standard InChI is InChI=1S/C12H16N4O4/c13-4-1-5-16(12(18)19)7-8-2-3-9-11(15-8)20-10(17)6-14-9/h2-3,14H,1,4-7,13H2,(H,18,19). The van der Waals surface area contributed by atoms with Crippen molar-refractivity contribution in [3.8, 4) is 5.88 Å². The maximum atomic E-state index is 11.2. The van der Waals surface area contributed by atoms with E-state index in [-0.39, 0.29) is 19.0 Å². The molecule has 0 bridgehead atoms. The molecule has 0 unspecified atom stereocenters. The first-order valence-electron chi connectivity index (χ1n) is 6.22. The Morgan fingerprint density at radius 3 is 3.05 bits per heavy atom. The summed E-state index contributed by atoms with van der Waals surface area (Å²) in [6.45, 7) is 0.984. The lowest BCUT2D eigenvalue weighted by Gasteiger charge is -2.20. The van der Waals surface area contributed by atoms with Gasteiger partial charge in [0.1, 0.15) is 6.54 Å². The molecule has 0 atom stereocenters. The van der Waals surface area contributed by atoms with E-state index < -0.39 is 12.1 Å². The molecule has 1 aliphatic heterocycles. The zero-order chi connectivity index (χ0) is 14.5. The molecule has 8 nitrogen and oxygen atoms in total. The van der Waals surface area contributed by atoms with Crippen LogP contribution in [0.15, 0.2) is 12.1 Å². The molecule has 0 spiro atoms. The number of carbonyl (C=O) groups excluding carboxylic acids is 1. The lowest BCUT2D eigenvalue weighted by Crippen LogP contribution is -2.32. The molecule has 0 saturated carbocycles. The van der Waals surface area contributed by atoms with Crippen molar-refractivity contribution in [2.45, 2.75) is 13.0 Å². The van der Waals surface area contributed by atoms with Gasteiger partial charge in [0.05, 0.1) is 17.9 Å². The van der Waals surface area contributed by atoms with Gasteiger partial charge in [-0.15, -0.1) is 0 Å². The molecule has 0 aromatic carbocycles. The van der Waals surface area contributed by atoms with Crippen molar-refractivity contribution in [1.82, 2.24) is 9.88 Å². The fourth-order valence-corrected chi connectivity index (χ4v) is 1.81. The first-order valence-corrected chi connectivity index (χ1v) is 6.22. The molecule has 1 amide bonds. The fraction of sp³-hybridized carbons (Fsp3) is 0.417. The van der Waals surface area contributed by atoms with Crippen LogP contribution in [0.4, 0.5) is 10.5 Å². The van der Waals surface area contributed by atoms with Gasteiger partial charge in [0, 0.05) is 6.54 Å². The molecule has 0 saturated heterocycles. The number of ether oxygens (including phenoxy) is 1. The van der Waals surface area contributed by atoms with Gasteiger partial charge in [-0.25, -0.2) is 14.6 Å². The molecule has 1 aliphatic rings. The number of hydrogen-bond acceptors (Lipinski definition) is 6. The van der Waals surface area contributed by atoms with Gasteiger partial charge in [0.15, 0.2) is 0 Å². The third-order valence-electron chi connectivity index (χ3n) is 2.81. The average molecular weight is 280 g/mol. The second kappa shape index (κ2) is 6.20. The molecule has 4 N–H and O–H groups in total. The summed E-state index contributed by atoms with van der Waals surface area (Å²) in [5.74, 6) is -0.233. The second-order valence-corrected chi connectivity index (χ2v) is 4.33. The number of nitrogens with one attached hydrogen (secondary N) is 1. The van der Waals surface area contributed by atoms with Crippen LogP contribution in [0.3, 0.4) is 0 Å². The third-order valence-corrected chi connectivity index (χ3v) is 2.81. The summed E-state index contributed by atoms with van der Waals surface area (Å²) in [5.41, 5.74) is 6.51. The van der Waals surface area contributed by atoms with Crippen molar-refractivity contribution < 1.29 is 19.4 Å². The summed E-state index contributed by atoms with van der Waals surface area (Å²) >= 11 is 0. The van der Waals surface area contributed by atoms with E-state index in [4.69, 9.17) is 15.6 Å². The van der Waals surface area contributed by atoms with E-state index in [1.165, 1.54) is 4.90 Å². The smallest absolute Gasteiger partial charge is 0.407 e. The second-order valence-electron chi connectivity index (χ2n) is 4.33. The lowest BCUT2D eigenvalue weighted by atomic mass is 10.2. The number of carbonyl (C=O) groups is 2. The van der Waals surface area contributed by atoms with Crippen LogP contribution in [0.1, 0.15) is 12.1 Å². The van der Waals surface area contributed by atoms with Crippen molar-refractivity contribution in [1.29, 1.82) is 0 Å². The topological polar surface area (TPSA) is 118 Å². The Labute approximate surface area is 115 Å². The molecule has 108 valence electrons. The molecule has 2 rings (SSSR count). The van der Waals surface area contributed by atoms with Gasteiger partial charge in [-0.2, -0.15) is 0 Å². The van der Waals surface area contributed by atoms with Gasteiger partial charge in [-0.3, -0.25) is 0 Å². The summed E-state index contributed by atoms with van der Waals surface area (Å²) < 4.78 is 5.00. The van der Waals surface area contributed by atoms with E-state index >= 15 is 0 Å². The van der Waals surface area contributed by atoms with Crippen LogP contribution in [0, 0.1) is 0 Å². The number of esters is 1. The van der Waals surface area contributed by atoms with Crippen molar-refractivity contribution in [3.63, 3.8) is 0 Å². The molecular formula is C12H16N4O4. The maximum absolute atomic E-state index is 11.2. The van der Waals surface area contributed by atoms with Gasteiger partial charge in [-0.05, 0) is 25.1 Å². The van der Waals surface area contributed by atoms with Crippen LogP contribution in [-0.4, -0.2) is 46.7 Å². The van der Waals surface area contributed by atoms with E-state index in [9.17, 15) is 9.59 Å². The number of fused-ring (bicyclic) bond motifs is 1. The highest BCUT2D eigenvalue weighted by molar-refractivity contribution is 5.82. The minimum absolute atomic E-state index is 0.103. The average Bonchev–Trinajstić information content (AvgIpc) is 2.42. The number of carboxylic acid groups (broad SMARTS) is 1. The number of amides is 1. The highest BCUT2D eigenvalue weighted by atomic mass is 16.5. The third kappa shape index (κ3) is 3.35. The largest absolute Gasteiger partial charge is 0.465 e. The van der Waals surface area contributed by atoms with Gasteiger partial charge >= 0.3 is 12.1 Å². The van der Waals surface area contributed by atoms with Crippen molar-refractivity contribution >= 4 is 17.7 Å². The van der Waals surface area contributed by atoms with Gasteiger partial charge in [-0.1, -0.05) is 0 Å². The Morgan fingerprint density at radius 1 is 1.55 bits per heavy atom. The molecule has 2 heterocycles. The van der Waals surface area contributed by atoms with E-state index in [0.717, 1.165) is 0 Å². The van der Waals surface area contributed by atoms with Gasteiger partial charge in [0.25, 0.3) is 0 Å². The van der Waals surface area contributed by atoms with Crippen LogP contribution < -0.4 is 15.8 Å². The van der Waals surface area contributed by atoms with Crippen LogP contribution in [0.5, 0.6) is 5.88 Å². The summed E-state index contributed by atoms with van der Waals surface area (Å²) in [6.07, 6.45) is -0.457. The van der Waals surface area contributed by atoms with Crippen LogP contribution in [0.2, 0.25) is 0 Å². The van der Waals surface area contributed by atoms with Crippen LogP contribution in [-0.2, 0) is 11.3 Å². The van der Waals surface area contributed by atoms with Crippen LogP contribution >= 0.6 is 0 Å². The SMILES string of the molecule is NCCCN(Cc1ccc2c(n1)OC(=O)CN2)C(=O)O. The van der Waals surface area contributed by atoms with E-state index in [2.05, 4.69) is 10.3 Å². The maximum Gasteiger partial charge on any atom is 0.407 e. The van der Waals surface area contributed by atoms with E-state index in [0.29, 0.717) is 30.9 Å². The zero-order valence-electron chi connectivity index (χ0n) is 10.8. The van der Waals surface area contributed by atoms with Crippen molar-refractivity contribution in [3.05, 3.63) is 17.8 Å². The van der Waals surface area contributed by atoms with E-state index in [1.807, 2.05) is 0 Å². The quantitative estimate of drug-likeness (QED) is 0.661. The Morgan fingerprint density at radius 2 is 2.35 bits per heavy atom. The highest BCUT2D eigenvalue weighted by Gasteiger charge is 2.19. The summed E-state index contributed by atoms with van der Waals surface area (Å²) in [5, 5.41) is 12.0. The van der Waals surface area contributed by atoms with Gasteiger partial charge in [0.2, 0.25) is 5.88 Å². The summed E-state index contributed by atoms with van der Waals surface area (Å²) in [4.78, 5) is 27.6. The first kappa shape index (κ1) is 14.1. The molecule has 1 aromatic rings. The highest BCUT2D eigenvalue weighted by Crippen LogP contribution is 2.25. The number of rotatable bonds is 5. The number of aromatic nitrogens is 1. The van der Waals surface area contributed by atoms with Gasteiger partial charge < -0.3 is 25.8 Å². The summed E-state index contributed by atoms with van der Waals surface area (Å²) in [6, 6.07) is 3.41. The number of pyridine rings is 1. The molecule has 0 fully saturated rings. The molecule has 8 heteroatoms. The Balaban J connectivity index is 2.10. The number of nitrogens with two attached hydrogens (primary N) is 1. The predicted molar refractivity (Wildman–Crippen MR) is 70.5 cm³/mol. The van der Waals surface area contributed by atoms with Crippen molar-refractivity contribution in [2.24, 2.45) is 5.73 Å². The first-order chi connectivity index (χ1) is 9.60. The normalized spacial score (nSPS) is 13.2. The Bertz CT molecular complexity index is 520. The molecule has 20 heavy (non-hydrogen) atoms. The fourth-order valence-electron chi connectivity index (χ4n) is 1.81. The number of nitrogens with zero attached hydrogens (tertiary/aromatic N) is 2. The molecular weight excluding hydrogens is 264 g/mol. The molecule has 0 radical (unpaired) electrons. The number of hydrogen-bond donors (Lipinski definition) is 3. The van der Waals surface area contributed by atoms with Crippen molar-refractivity contribution in [2.75, 3.05) is 25.0 Å². The molecule has 0 aliphatic carbocycles. The minimum atomic E-state index is -1.03. The monoisotopic (exact) mass is 280 g/mol. The lowest BCUT2D eigenvalue weighted by molar-refractivity contribution is -0.133. The Hall–Kier alpha value is -2.35.